The minimum atomic E-state index is -0.0972. The van der Waals surface area contributed by atoms with Gasteiger partial charge in [0.25, 0.3) is 0 Å². The third kappa shape index (κ3) is 0.908. The van der Waals surface area contributed by atoms with Crippen LogP contribution in [0.4, 0.5) is 0 Å². The van der Waals surface area contributed by atoms with Crippen molar-refractivity contribution >= 4 is 0 Å². The Kier molecular flexibility index (Phi) is 1.28. The van der Waals surface area contributed by atoms with Gasteiger partial charge in [-0.05, 0) is 12.8 Å². The van der Waals surface area contributed by atoms with Crippen molar-refractivity contribution in [2.75, 3.05) is 6.61 Å². The Labute approximate surface area is 42.7 Å². The first kappa shape index (κ1) is 4.61. The van der Waals surface area contributed by atoms with Crippen LogP contribution in [0.5, 0.6) is 0 Å². The van der Waals surface area contributed by atoms with Crippen LogP contribution in [0.3, 0.4) is 0 Å². The summed E-state index contributed by atoms with van der Waals surface area (Å²) in [5, 5.41) is 8.19. The number of hydrogen-bond donors (Lipinski definition) is 0. The van der Waals surface area contributed by atoms with Crippen LogP contribution in [0.1, 0.15) is 12.8 Å². The van der Waals surface area contributed by atoms with Gasteiger partial charge in [-0.25, -0.2) is 0 Å². The molecule has 0 aromatic rings. The molecule has 0 spiro atoms. The van der Waals surface area contributed by atoms with Crippen molar-refractivity contribution in [3.63, 3.8) is 0 Å². The summed E-state index contributed by atoms with van der Waals surface area (Å²) in [6.07, 6.45) is 1.88. The largest absolute Gasteiger partial charge is 0.363 e. The maximum Gasteiger partial charge on any atom is 0.144 e. The lowest BCUT2D eigenvalue weighted by Crippen LogP contribution is -1.98. The average Bonchev–Trinajstić information content (AvgIpc) is 2.14. The Morgan fingerprint density at radius 2 is 2.57 bits per heavy atom. The van der Waals surface area contributed by atoms with Gasteiger partial charge in [0.1, 0.15) is 6.10 Å². The van der Waals surface area contributed by atoms with E-state index in [0.29, 0.717) is 0 Å². The fourth-order valence-electron chi connectivity index (χ4n) is 0.679. The third-order valence-corrected chi connectivity index (χ3v) is 1.07. The normalized spacial score (nSPS) is 29.9. The molecule has 2 nitrogen and oxygen atoms in total. The van der Waals surface area contributed by atoms with Crippen molar-refractivity contribution in [2.45, 2.75) is 18.9 Å². The van der Waals surface area contributed by atoms with Crippen LogP contribution >= 0.6 is 0 Å². The Balaban J connectivity index is 2.31. The lowest BCUT2D eigenvalue weighted by molar-refractivity contribution is 0.150. The highest BCUT2D eigenvalue weighted by Crippen LogP contribution is 2.09. The highest BCUT2D eigenvalue weighted by Gasteiger charge is 2.12. The van der Waals surface area contributed by atoms with Crippen molar-refractivity contribution in [3.05, 3.63) is 0 Å². The van der Waals surface area contributed by atoms with E-state index in [1.54, 1.807) is 0 Å². The highest BCUT2D eigenvalue weighted by molar-refractivity contribution is 4.86. The SMILES string of the molecule is N#CC1CCCO1. The minimum absolute atomic E-state index is 0.0972. The molecule has 0 radical (unpaired) electrons. The zero-order chi connectivity index (χ0) is 5.11. The Morgan fingerprint density at radius 1 is 1.71 bits per heavy atom. The van der Waals surface area contributed by atoms with E-state index in [0.717, 1.165) is 19.4 Å². The summed E-state index contributed by atoms with van der Waals surface area (Å²) in [7, 11) is 0. The van der Waals surface area contributed by atoms with Crippen molar-refractivity contribution < 1.29 is 4.74 Å². The van der Waals surface area contributed by atoms with Gasteiger partial charge in [0.15, 0.2) is 0 Å². The molecule has 0 aliphatic carbocycles. The highest BCUT2D eigenvalue weighted by atomic mass is 16.5. The topological polar surface area (TPSA) is 33.0 Å². The maximum atomic E-state index is 8.19. The molecule has 1 saturated heterocycles. The van der Waals surface area contributed by atoms with E-state index in [1.165, 1.54) is 0 Å². The van der Waals surface area contributed by atoms with Gasteiger partial charge < -0.3 is 4.74 Å². The lowest BCUT2D eigenvalue weighted by Gasteiger charge is -1.91. The Bertz CT molecular complexity index is 88.7. The third-order valence-electron chi connectivity index (χ3n) is 1.07. The molecule has 7 heavy (non-hydrogen) atoms. The van der Waals surface area contributed by atoms with E-state index in [9.17, 15) is 0 Å². The summed E-state index contributed by atoms with van der Waals surface area (Å²) < 4.78 is 4.94. The van der Waals surface area contributed by atoms with E-state index in [1.807, 2.05) is 6.07 Å². The number of nitrogens with zero attached hydrogens (tertiary/aromatic N) is 1. The molecule has 1 unspecified atom stereocenters. The van der Waals surface area contributed by atoms with Crippen LogP contribution in [-0.2, 0) is 4.74 Å². The van der Waals surface area contributed by atoms with Crippen LogP contribution in [-0.4, -0.2) is 12.7 Å². The predicted octanol–water partition coefficient (Wildman–Crippen LogP) is 0.689. The first-order valence-electron chi connectivity index (χ1n) is 2.44. The van der Waals surface area contributed by atoms with Crippen molar-refractivity contribution in [1.29, 1.82) is 5.26 Å². The molecule has 0 aromatic carbocycles. The molecule has 0 N–H and O–H groups in total. The molecule has 0 amide bonds. The summed E-state index contributed by atoms with van der Waals surface area (Å²) in [5.41, 5.74) is 0. The molecule has 1 atom stereocenters. The fourth-order valence-corrected chi connectivity index (χ4v) is 0.679. The Hall–Kier alpha value is -0.550. The Morgan fingerprint density at radius 3 is 2.86 bits per heavy atom. The second kappa shape index (κ2) is 1.94. The predicted molar refractivity (Wildman–Crippen MR) is 24.6 cm³/mol. The van der Waals surface area contributed by atoms with E-state index in [2.05, 4.69) is 0 Å². The molecule has 0 aromatic heterocycles. The quantitative estimate of drug-likeness (QED) is 0.445. The van der Waals surface area contributed by atoms with Gasteiger partial charge in [0.05, 0.1) is 6.07 Å². The molecule has 1 aliphatic rings. The van der Waals surface area contributed by atoms with Crippen molar-refractivity contribution in [3.8, 4) is 6.07 Å². The minimum Gasteiger partial charge on any atom is -0.363 e. The monoisotopic (exact) mass is 97.1 g/mol. The molecule has 0 saturated carbocycles. The van der Waals surface area contributed by atoms with Crippen LogP contribution in [0.2, 0.25) is 0 Å². The fraction of sp³-hybridized carbons (Fsp3) is 0.800. The van der Waals surface area contributed by atoms with E-state index in [-0.39, 0.29) is 6.10 Å². The van der Waals surface area contributed by atoms with Gasteiger partial charge >= 0.3 is 0 Å². The van der Waals surface area contributed by atoms with Crippen molar-refractivity contribution in [2.24, 2.45) is 0 Å². The lowest BCUT2D eigenvalue weighted by atomic mass is 10.3. The van der Waals surface area contributed by atoms with Gasteiger partial charge in [0, 0.05) is 6.61 Å². The van der Waals surface area contributed by atoms with Crippen LogP contribution in [0, 0.1) is 11.3 Å². The smallest absolute Gasteiger partial charge is 0.144 e. The number of rotatable bonds is 0. The van der Waals surface area contributed by atoms with Gasteiger partial charge in [-0.15, -0.1) is 0 Å². The summed E-state index contributed by atoms with van der Waals surface area (Å²) in [5.74, 6) is 0. The first-order chi connectivity index (χ1) is 3.43. The van der Waals surface area contributed by atoms with E-state index in [4.69, 9.17) is 10.00 Å². The molecular weight excluding hydrogens is 90.1 g/mol. The second-order valence-electron chi connectivity index (χ2n) is 1.63. The number of ether oxygens (including phenoxy) is 1. The standard InChI is InChI=1S/C5H7NO/c6-4-5-2-1-3-7-5/h5H,1-3H2. The molecule has 1 rings (SSSR count). The van der Waals surface area contributed by atoms with E-state index >= 15 is 0 Å². The molecule has 1 heterocycles. The summed E-state index contributed by atoms with van der Waals surface area (Å²) in [4.78, 5) is 0. The molecule has 1 fully saturated rings. The molecule has 1 aliphatic heterocycles. The van der Waals surface area contributed by atoms with Gasteiger partial charge in [-0.3, -0.25) is 0 Å². The zero-order valence-electron chi connectivity index (χ0n) is 4.05. The van der Waals surface area contributed by atoms with E-state index < -0.39 is 0 Å². The van der Waals surface area contributed by atoms with Crippen molar-refractivity contribution in [1.82, 2.24) is 0 Å². The average molecular weight is 97.1 g/mol. The molecule has 0 bridgehead atoms. The summed E-state index contributed by atoms with van der Waals surface area (Å²) >= 11 is 0. The number of nitriles is 1. The second-order valence-corrected chi connectivity index (χ2v) is 1.63. The summed E-state index contributed by atoms with van der Waals surface area (Å²) in [6.45, 7) is 0.776. The molecule has 38 valence electrons. The van der Waals surface area contributed by atoms with Crippen LogP contribution in [0.25, 0.3) is 0 Å². The van der Waals surface area contributed by atoms with Gasteiger partial charge in [-0.2, -0.15) is 5.26 Å². The zero-order valence-corrected chi connectivity index (χ0v) is 4.05. The van der Waals surface area contributed by atoms with Crippen LogP contribution < -0.4 is 0 Å². The number of hydrogen-bond acceptors (Lipinski definition) is 2. The first-order valence-corrected chi connectivity index (χ1v) is 2.44. The molecule has 2 heteroatoms. The van der Waals surface area contributed by atoms with Gasteiger partial charge in [-0.1, -0.05) is 0 Å². The maximum absolute atomic E-state index is 8.19. The van der Waals surface area contributed by atoms with Gasteiger partial charge in [0.2, 0.25) is 0 Å². The van der Waals surface area contributed by atoms with Crippen LogP contribution in [0.15, 0.2) is 0 Å². The summed E-state index contributed by atoms with van der Waals surface area (Å²) in [6, 6.07) is 2.04. The molecular formula is C5H7NO.